The summed E-state index contributed by atoms with van der Waals surface area (Å²) in [7, 11) is 0. The molecule has 21 nitrogen and oxygen atoms in total. The van der Waals surface area contributed by atoms with Crippen LogP contribution in [0.15, 0.2) is 35.4 Å². The highest BCUT2D eigenvalue weighted by Crippen LogP contribution is 2.48. The average molecular weight is 966 g/mol. The number of likely N-dealkylation sites (tertiary alicyclic amines) is 1. The SMILES string of the molecule is CC(C)(C)n1nc(-c2noc(C3CC3)c2-c2ncc(N3CCN(C(=O)OCC(=O)N4CCC(CN5CCN(c6c(F)cc(N[C@H]7CCC(=O)NC7=O)cc6F)CC5)CC4)CC3)cn2)c2c(N)ncnc21. The minimum atomic E-state index is -0.746. The first-order valence-electron chi connectivity index (χ1n) is 24.0. The van der Waals surface area contributed by atoms with Gasteiger partial charge in [0.1, 0.15) is 35.3 Å². The third-order valence-electron chi connectivity index (χ3n) is 13.9. The zero-order valence-electron chi connectivity index (χ0n) is 39.5. The molecule has 0 spiro atoms. The van der Waals surface area contributed by atoms with Crippen molar-refractivity contribution >= 4 is 57.7 Å². The number of amides is 4. The third-order valence-corrected chi connectivity index (χ3v) is 13.9. The van der Waals surface area contributed by atoms with Gasteiger partial charge < -0.3 is 39.9 Å². The fourth-order valence-corrected chi connectivity index (χ4v) is 9.85. The van der Waals surface area contributed by atoms with E-state index in [1.54, 1.807) is 27.1 Å². The van der Waals surface area contributed by atoms with Crippen LogP contribution in [0.4, 0.5) is 36.5 Å². The maximum absolute atomic E-state index is 15.3. The van der Waals surface area contributed by atoms with Gasteiger partial charge in [-0.25, -0.2) is 38.2 Å². The van der Waals surface area contributed by atoms with Gasteiger partial charge in [-0.1, -0.05) is 5.16 Å². The number of ether oxygens (including phenoxy) is 1. The van der Waals surface area contributed by atoms with Crippen molar-refractivity contribution in [1.29, 1.82) is 0 Å². The van der Waals surface area contributed by atoms with E-state index in [9.17, 15) is 19.2 Å². The zero-order chi connectivity index (χ0) is 48.8. The van der Waals surface area contributed by atoms with E-state index in [1.807, 2.05) is 25.5 Å². The van der Waals surface area contributed by atoms with Crippen molar-refractivity contribution in [3.8, 4) is 22.8 Å². The van der Waals surface area contributed by atoms with Crippen LogP contribution >= 0.6 is 0 Å². The molecule has 4 aromatic heterocycles. The molecule has 0 bridgehead atoms. The Hall–Kier alpha value is -7.04. The molecule has 4 saturated heterocycles. The Kier molecular flexibility index (Phi) is 12.7. The monoisotopic (exact) mass is 965 g/mol. The van der Waals surface area contributed by atoms with E-state index in [1.165, 1.54) is 18.5 Å². The quantitative estimate of drug-likeness (QED) is 0.159. The molecule has 0 unspecified atom stereocenters. The number of anilines is 4. The van der Waals surface area contributed by atoms with Crippen molar-refractivity contribution in [2.45, 2.75) is 76.8 Å². The van der Waals surface area contributed by atoms with E-state index >= 15 is 8.78 Å². The molecule has 1 aromatic carbocycles. The summed E-state index contributed by atoms with van der Waals surface area (Å²) in [6, 6.07) is 1.63. The Morgan fingerprint density at radius 1 is 0.857 bits per heavy atom. The number of nitrogens with two attached hydrogens (primary N) is 1. The number of halogens is 2. The van der Waals surface area contributed by atoms with E-state index in [0.29, 0.717) is 111 Å². The highest BCUT2D eigenvalue weighted by atomic mass is 19.1. The molecular weight excluding hydrogens is 909 g/mol. The molecule has 370 valence electrons. The van der Waals surface area contributed by atoms with Crippen LogP contribution in [0.2, 0.25) is 0 Å². The van der Waals surface area contributed by atoms with Crippen LogP contribution in [0.25, 0.3) is 33.8 Å². The maximum Gasteiger partial charge on any atom is 0.410 e. The largest absolute Gasteiger partial charge is 0.439 e. The number of imide groups is 1. The van der Waals surface area contributed by atoms with Crippen molar-refractivity contribution in [3.05, 3.63) is 48.2 Å². The highest BCUT2D eigenvalue weighted by molar-refractivity contribution is 6.02. The second-order valence-corrected chi connectivity index (χ2v) is 19.8. The standard InChI is InChI=1S/C47H57F2N15O6/c1-47(2,3)64-44-37(42(50)53-26-54-44)38(57-64)39-36(41(70-58-39)28-4-5-28)43-51-22-30(23-52-43)60-16-18-63(19-17-60)46(68)69-25-35(66)61-10-8-27(9-11-61)24-59-12-14-62(15-13-59)40-31(48)20-29(21-32(40)49)55-33-6-7-34(65)56-45(33)67/h20-23,26-28,33,55H,4-19,24-25H2,1-3H3,(H2,50,53,54)(H,56,65,67)/t33-/m0/s1. The maximum atomic E-state index is 15.3. The summed E-state index contributed by atoms with van der Waals surface area (Å²) in [5.74, 6) is -0.556. The normalized spacial score (nSPS) is 19.8. The van der Waals surface area contributed by atoms with Gasteiger partial charge in [0, 0.05) is 90.0 Å². The van der Waals surface area contributed by atoms with Crippen molar-refractivity contribution in [1.82, 2.24) is 54.9 Å². The van der Waals surface area contributed by atoms with Crippen LogP contribution in [0.5, 0.6) is 0 Å². The fraction of sp³-hybridized carbons (Fsp3) is 0.532. The first-order chi connectivity index (χ1) is 33.7. The number of carbonyl (C=O) groups is 4. The highest BCUT2D eigenvalue weighted by Gasteiger charge is 2.37. The minimum Gasteiger partial charge on any atom is -0.439 e. The minimum absolute atomic E-state index is 0.0960. The predicted octanol–water partition coefficient (Wildman–Crippen LogP) is 3.97. The Bertz CT molecular complexity index is 2760. The lowest BCUT2D eigenvalue weighted by molar-refractivity contribution is -0.136. The molecule has 0 radical (unpaired) electrons. The lowest BCUT2D eigenvalue weighted by Crippen LogP contribution is -2.50. The molecule has 23 heteroatoms. The summed E-state index contributed by atoms with van der Waals surface area (Å²) < 4.78 is 43.8. The second kappa shape index (κ2) is 19.0. The summed E-state index contributed by atoms with van der Waals surface area (Å²) in [6.07, 6.45) is 8.34. The molecule has 4 aliphatic heterocycles. The van der Waals surface area contributed by atoms with Crippen LogP contribution in [-0.2, 0) is 24.7 Å². The number of nitrogens with zero attached hydrogens (tertiary/aromatic N) is 12. The van der Waals surface area contributed by atoms with Crippen molar-refractivity contribution in [2.24, 2.45) is 5.92 Å². The van der Waals surface area contributed by atoms with Gasteiger partial charge in [-0.2, -0.15) is 5.10 Å². The van der Waals surface area contributed by atoms with E-state index in [2.05, 4.69) is 35.6 Å². The van der Waals surface area contributed by atoms with Crippen LogP contribution in [0, 0.1) is 17.6 Å². The van der Waals surface area contributed by atoms with Gasteiger partial charge in [0.05, 0.1) is 34.6 Å². The van der Waals surface area contributed by atoms with Crippen LogP contribution in [0.3, 0.4) is 0 Å². The summed E-state index contributed by atoms with van der Waals surface area (Å²) in [6.45, 7) is 11.6. The van der Waals surface area contributed by atoms with Gasteiger partial charge in [-0.15, -0.1) is 0 Å². The summed E-state index contributed by atoms with van der Waals surface area (Å²) >= 11 is 0. The summed E-state index contributed by atoms with van der Waals surface area (Å²) in [5.41, 5.74) is 9.07. The van der Waals surface area contributed by atoms with E-state index in [0.717, 1.165) is 37.9 Å². The first-order valence-corrected chi connectivity index (χ1v) is 24.0. The zero-order valence-corrected chi connectivity index (χ0v) is 39.5. The van der Waals surface area contributed by atoms with Gasteiger partial charge in [-0.3, -0.25) is 24.6 Å². The van der Waals surface area contributed by atoms with E-state index in [-0.39, 0.29) is 54.4 Å². The number of fused-ring (bicyclic) bond motifs is 1. The Morgan fingerprint density at radius 2 is 1.54 bits per heavy atom. The van der Waals surface area contributed by atoms with Gasteiger partial charge in [-0.05, 0) is 70.9 Å². The van der Waals surface area contributed by atoms with Gasteiger partial charge >= 0.3 is 6.09 Å². The van der Waals surface area contributed by atoms with Crippen molar-refractivity contribution in [3.63, 3.8) is 0 Å². The molecule has 5 fully saturated rings. The molecule has 1 atom stereocenters. The molecule has 4 N–H and O–H groups in total. The number of nitrogen functional groups attached to an aromatic ring is 1. The van der Waals surface area contributed by atoms with Crippen molar-refractivity contribution < 1.29 is 37.2 Å². The van der Waals surface area contributed by atoms with Crippen LogP contribution in [0.1, 0.15) is 71.0 Å². The lowest BCUT2D eigenvalue weighted by atomic mass is 9.96. The Labute approximate surface area is 402 Å². The molecule has 5 aliphatic rings. The number of benzene rings is 1. The third kappa shape index (κ3) is 9.62. The number of hydrogen-bond acceptors (Lipinski definition) is 17. The Balaban J connectivity index is 0.666. The molecule has 4 amide bonds. The lowest BCUT2D eigenvalue weighted by Gasteiger charge is -2.39. The number of hydrogen-bond donors (Lipinski definition) is 3. The van der Waals surface area contributed by atoms with E-state index in [4.69, 9.17) is 30.1 Å². The van der Waals surface area contributed by atoms with E-state index < -0.39 is 35.2 Å². The number of piperidine rings is 2. The molecule has 70 heavy (non-hydrogen) atoms. The predicted molar refractivity (Wildman–Crippen MR) is 252 cm³/mol. The number of carbonyl (C=O) groups excluding carboxylic acids is 4. The Morgan fingerprint density at radius 3 is 2.20 bits per heavy atom. The molecule has 8 heterocycles. The fourth-order valence-electron chi connectivity index (χ4n) is 9.85. The first kappa shape index (κ1) is 46.7. The van der Waals surface area contributed by atoms with Crippen LogP contribution in [-0.4, -0.2) is 158 Å². The molecular formula is C47H57F2N15O6. The topological polar surface area (TPSA) is 239 Å². The molecule has 5 aromatic rings. The summed E-state index contributed by atoms with van der Waals surface area (Å²) in [5, 5.41) is 15.1. The smallest absolute Gasteiger partial charge is 0.410 e. The molecule has 10 rings (SSSR count). The van der Waals surface area contributed by atoms with Gasteiger partial charge in [0.25, 0.3) is 5.91 Å². The number of rotatable bonds is 11. The van der Waals surface area contributed by atoms with Gasteiger partial charge in [0.15, 0.2) is 35.5 Å². The molecule has 1 saturated carbocycles. The number of nitrogens with one attached hydrogen (secondary N) is 2. The average Bonchev–Trinajstić information content (AvgIpc) is 3.96. The van der Waals surface area contributed by atoms with Gasteiger partial charge in [0.2, 0.25) is 11.8 Å². The van der Waals surface area contributed by atoms with Crippen LogP contribution < -0.4 is 26.2 Å². The molecule has 1 aliphatic carbocycles. The van der Waals surface area contributed by atoms with Crippen molar-refractivity contribution in [2.75, 3.05) is 99.4 Å². The second-order valence-electron chi connectivity index (χ2n) is 19.8. The summed E-state index contributed by atoms with van der Waals surface area (Å²) in [4.78, 5) is 77.6. The number of piperazine rings is 2. The number of aromatic nitrogens is 7.